The van der Waals surface area contributed by atoms with Gasteiger partial charge >= 0.3 is 0 Å². The van der Waals surface area contributed by atoms with Crippen molar-refractivity contribution in [2.45, 2.75) is 38.5 Å². The zero-order valence-electron chi connectivity index (χ0n) is 10.3. The van der Waals surface area contributed by atoms with Gasteiger partial charge in [0.2, 0.25) is 0 Å². The zero-order chi connectivity index (χ0) is 13.2. The predicted molar refractivity (Wildman–Crippen MR) is 63.6 cm³/mol. The van der Waals surface area contributed by atoms with E-state index in [9.17, 15) is 13.3 Å². The summed E-state index contributed by atoms with van der Waals surface area (Å²) in [4.78, 5) is 3.67. The normalized spacial score (nSPS) is 15.7. The number of nitrogens with one attached hydrogen (secondary N) is 1. The monoisotopic (exact) mass is 262 g/mol. The van der Waals surface area contributed by atoms with E-state index in [2.05, 4.69) is 9.71 Å². The minimum absolute atomic E-state index is 0.0593. The molecule has 1 rings (SSSR count). The molecule has 0 aliphatic rings. The van der Waals surface area contributed by atoms with Gasteiger partial charge in [0.25, 0.3) is 0 Å². The third-order valence-electron chi connectivity index (χ3n) is 2.09. The molecule has 1 aromatic rings. The maximum atomic E-state index is 13.4. The van der Waals surface area contributed by atoms with Gasteiger partial charge in [-0.25, -0.2) is 8.78 Å². The van der Waals surface area contributed by atoms with Gasteiger partial charge in [-0.2, -0.15) is 0 Å². The first-order valence-corrected chi connectivity index (χ1v) is 6.36. The van der Waals surface area contributed by atoms with E-state index in [1.807, 2.05) is 0 Å². The molecule has 0 saturated heterocycles. The number of aromatic nitrogens is 1. The number of hydrogen-bond acceptors (Lipinski definition) is 3. The summed E-state index contributed by atoms with van der Waals surface area (Å²) in [5, 5.41) is 0. The molecular weight excluding hydrogens is 246 g/mol. The van der Waals surface area contributed by atoms with Gasteiger partial charge in [0, 0.05) is 17.4 Å². The Morgan fingerprint density at radius 3 is 2.47 bits per heavy atom. The highest BCUT2D eigenvalue weighted by Crippen LogP contribution is 2.20. The molecule has 0 bridgehead atoms. The summed E-state index contributed by atoms with van der Waals surface area (Å²) in [5.74, 6) is -1.47. The van der Waals surface area contributed by atoms with Gasteiger partial charge in [-0.05, 0) is 27.7 Å². The largest absolute Gasteiger partial charge is 0.598 e. The zero-order valence-corrected chi connectivity index (χ0v) is 11.1. The fraction of sp³-hybridized carbons (Fsp3) is 0.545. The molecule has 2 atom stereocenters. The molecule has 1 aromatic heterocycles. The number of rotatable bonds is 3. The van der Waals surface area contributed by atoms with Crippen LogP contribution in [0.15, 0.2) is 12.3 Å². The molecule has 0 saturated carbocycles. The molecule has 0 fully saturated rings. The highest BCUT2D eigenvalue weighted by molar-refractivity contribution is 7.90. The van der Waals surface area contributed by atoms with Gasteiger partial charge < -0.3 is 4.55 Å². The second kappa shape index (κ2) is 5.29. The minimum Gasteiger partial charge on any atom is -0.598 e. The van der Waals surface area contributed by atoms with E-state index in [0.717, 1.165) is 12.3 Å². The highest BCUT2D eigenvalue weighted by atomic mass is 32.2. The van der Waals surface area contributed by atoms with Gasteiger partial charge in [-0.15, -0.1) is 4.72 Å². The van der Waals surface area contributed by atoms with Crippen molar-refractivity contribution in [2.75, 3.05) is 0 Å². The molecule has 0 spiro atoms. The van der Waals surface area contributed by atoms with Crippen molar-refractivity contribution < 1.29 is 13.3 Å². The number of halogens is 2. The van der Waals surface area contributed by atoms with E-state index in [0.29, 0.717) is 0 Å². The molecule has 0 radical (unpaired) electrons. The Morgan fingerprint density at radius 2 is 2.00 bits per heavy atom. The molecule has 0 aromatic carbocycles. The molecule has 1 heterocycles. The van der Waals surface area contributed by atoms with Crippen LogP contribution in [-0.4, -0.2) is 14.3 Å². The third-order valence-corrected chi connectivity index (χ3v) is 3.77. The third kappa shape index (κ3) is 3.90. The second-order valence-corrected chi connectivity index (χ2v) is 6.74. The van der Waals surface area contributed by atoms with Crippen LogP contribution in [0.1, 0.15) is 39.4 Å². The second-order valence-electron chi connectivity index (χ2n) is 4.74. The van der Waals surface area contributed by atoms with E-state index in [4.69, 9.17) is 0 Å². The summed E-state index contributed by atoms with van der Waals surface area (Å²) in [6.45, 7) is 7.04. The van der Waals surface area contributed by atoms with Crippen LogP contribution in [0.2, 0.25) is 0 Å². The number of nitrogens with zero attached hydrogens (tertiary/aromatic N) is 1. The van der Waals surface area contributed by atoms with Gasteiger partial charge in [-0.3, -0.25) is 4.98 Å². The fourth-order valence-corrected chi connectivity index (χ4v) is 1.92. The Balaban J connectivity index is 2.80. The van der Waals surface area contributed by atoms with Crippen molar-refractivity contribution in [1.29, 1.82) is 0 Å². The summed E-state index contributed by atoms with van der Waals surface area (Å²) >= 11 is -1.33. The fourth-order valence-electron chi connectivity index (χ4n) is 1.14. The van der Waals surface area contributed by atoms with E-state index < -0.39 is 33.8 Å². The molecule has 17 heavy (non-hydrogen) atoms. The Bertz CT molecular complexity index is 396. The predicted octanol–water partition coefficient (Wildman–Crippen LogP) is 2.47. The van der Waals surface area contributed by atoms with Crippen molar-refractivity contribution in [3.05, 3.63) is 29.6 Å². The lowest BCUT2D eigenvalue weighted by Crippen LogP contribution is -2.40. The molecule has 6 heteroatoms. The van der Waals surface area contributed by atoms with Gasteiger partial charge in [0.15, 0.2) is 0 Å². The molecule has 0 amide bonds. The van der Waals surface area contributed by atoms with Gasteiger partial charge in [0.1, 0.15) is 16.4 Å². The Kier molecular flexibility index (Phi) is 4.46. The quantitative estimate of drug-likeness (QED) is 0.851. The smallest absolute Gasteiger partial charge is 0.149 e. The first kappa shape index (κ1) is 14.3. The topological polar surface area (TPSA) is 48.0 Å². The lowest BCUT2D eigenvalue weighted by molar-refractivity contribution is 0.509. The van der Waals surface area contributed by atoms with Crippen LogP contribution in [0.4, 0.5) is 8.78 Å². The molecule has 2 unspecified atom stereocenters. The van der Waals surface area contributed by atoms with Crippen LogP contribution in [0.3, 0.4) is 0 Å². The maximum Gasteiger partial charge on any atom is 0.149 e. The highest BCUT2D eigenvalue weighted by Gasteiger charge is 2.29. The van der Waals surface area contributed by atoms with Crippen molar-refractivity contribution in [3.63, 3.8) is 0 Å². The van der Waals surface area contributed by atoms with Gasteiger partial charge in [-0.1, -0.05) is 0 Å². The van der Waals surface area contributed by atoms with E-state index in [-0.39, 0.29) is 5.69 Å². The minimum atomic E-state index is -1.33. The van der Waals surface area contributed by atoms with Crippen LogP contribution in [0, 0.1) is 11.6 Å². The number of pyridine rings is 1. The van der Waals surface area contributed by atoms with Crippen molar-refractivity contribution >= 4 is 11.4 Å². The van der Waals surface area contributed by atoms with Crippen LogP contribution < -0.4 is 4.72 Å². The van der Waals surface area contributed by atoms with Crippen molar-refractivity contribution in [2.24, 2.45) is 0 Å². The van der Waals surface area contributed by atoms with Gasteiger partial charge in [0.05, 0.1) is 17.9 Å². The summed E-state index contributed by atoms with van der Waals surface area (Å²) < 4.78 is 40.2. The Morgan fingerprint density at radius 1 is 1.41 bits per heavy atom. The molecule has 1 N–H and O–H groups in total. The molecular formula is C11H16F2N2OS. The average Bonchev–Trinajstić information content (AvgIpc) is 2.15. The van der Waals surface area contributed by atoms with Crippen LogP contribution >= 0.6 is 0 Å². The van der Waals surface area contributed by atoms with E-state index >= 15 is 0 Å². The standard InChI is InChI=1S/C11H16F2N2OS/c1-7(15-17(16)11(2,3)4)10-9(13)5-8(12)6-14-10/h5-7,15H,1-4H3. The molecule has 96 valence electrons. The van der Waals surface area contributed by atoms with E-state index in [1.165, 1.54) is 0 Å². The maximum absolute atomic E-state index is 13.4. The lowest BCUT2D eigenvalue weighted by Gasteiger charge is -2.26. The summed E-state index contributed by atoms with van der Waals surface area (Å²) in [7, 11) is 0. The first-order valence-electron chi connectivity index (χ1n) is 5.21. The van der Waals surface area contributed by atoms with Crippen LogP contribution in [0.5, 0.6) is 0 Å². The lowest BCUT2D eigenvalue weighted by atomic mass is 10.2. The van der Waals surface area contributed by atoms with Crippen LogP contribution in [0.25, 0.3) is 0 Å². The molecule has 3 nitrogen and oxygen atoms in total. The summed E-state index contributed by atoms with van der Waals surface area (Å²) in [5.41, 5.74) is 0.0593. The van der Waals surface area contributed by atoms with Crippen molar-refractivity contribution in [1.82, 2.24) is 9.71 Å². The van der Waals surface area contributed by atoms with Crippen LogP contribution in [-0.2, 0) is 11.4 Å². The molecule has 0 aliphatic carbocycles. The van der Waals surface area contributed by atoms with E-state index in [1.54, 1.807) is 27.7 Å². The summed E-state index contributed by atoms with van der Waals surface area (Å²) in [6, 6.07) is 0.219. The average molecular weight is 262 g/mol. The number of hydrogen-bond donors (Lipinski definition) is 1. The van der Waals surface area contributed by atoms with Crippen molar-refractivity contribution in [3.8, 4) is 0 Å². The SMILES string of the molecule is CC(N[S+]([O-])C(C)(C)C)c1ncc(F)cc1F. The first-order chi connectivity index (χ1) is 7.71. The Labute approximate surface area is 103 Å². The molecule has 0 aliphatic heterocycles. The summed E-state index contributed by atoms with van der Waals surface area (Å²) in [6.07, 6.45) is 0.941. The Hall–Kier alpha value is -0.720.